The molecule has 2 rings (SSSR count). The van der Waals surface area contributed by atoms with Gasteiger partial charge in [0.1, 0.15) is 0 Å². The van der Waals surface area contributed by atoms with Crippen LogP contribution < -0.4 is 5.32 Å². The van der Waals surface area contributed by atoms with E-state index in [1.165, 1.54) is 25.7 Å². The van der Waals surface area contributed by atoms with E-state index in [0.717, 1.165) is 25.3 Å². The lowest BCUT2D eigenvalue weighted by molar-refractivity contribution is 0.0725. The van der Waals surface area contributed by atoms with Crippen LogP contribution in [0.2, 0.25) is 0 Å². The average Bonchev–Trinajstić information content (AvgIpc) is 2.35. The predicted octanol–water partition coefficient (Wildman–Crippen LogP) is 1.66. The molecule has 20 heavy (non-hydrogen) atoms. The Labute approximate surface area is 124 Å². The fourth-order valence-corrected chi connectivity index (χ4v) is 5.55. The molecule has 2 aliphatic rings. The maximum absolute atomic E-state index is 11.7. The van der Waals surface area contributed by atoms with Crippen LogP contribution in [-0.2, 0) is 9.84 Å². The molecule has 0 bridgehead atoms. The molecule has 0 aromatic rings. The number of hydrogen-bond donors (Lipinski definition) is 1. The summed E-state index contributed by atoms with van der Waals surface area (Å²) in [6.07, 6.45) is 6.85. The van der Waals surface area contributed by atoms with E-state index in [-0.39, 0.29) is 11.6 Å². The van der Waals surface area contributed by atoms with E-state index >= 15 is 0 Å². The number of sulfone groups is 1. The van der Waals surface area contributed by atoms with E-state index < -0.39 is 9.84 Å². The van der Waals surface area contributed by atoms with Crippen molar-refractivity contribution in [1.29, 1.82) is 0 Å². The quantitative estimate of drug-likeness (QED) is 0.858. The smallest absolute Gasteiger partial charge is 0.151 e. The Hall–Kier alpha value is -0.130. The second kappa shape index (κ2) is 6.32. The Morgan fingerprint density at radius 1 is 1.25 bits per heavy atom. The third-order valence-electron chi connectivity index (χ3n) is 5.20. The van der Waals surface area contributed by atoms with E-state index in [1.807, 2.05) is 0 Å². The minimum Gasteiger partial charge on any atom is -0.311 e. The van der Waals surface area contributed by atoms with Crippen LogP contribution in [0.5, 0.6) is 0 Å². The summed E-state index contributed by atoms with van der Waals surface area (Å²) in [5, 5.41) is 3.57. The number of likely N-dealkylation sites (N-methyl/N-ethyl adjacent to an activating group) is 1. The van der Waals surface area contributed by atoms with Gasteiger partial charge in [-0.2, -0.15) is 0 Å². The van der Waals surface area contributed by atoms with Crippen molar-refractivity contribution in [1.82, 2.24) is 10.2 Å². The normalized spacial score (nSPS) is 38.0. The minimum absolute atomic E-state index is 0.155. The molecule has 1 aliphatic carbocycles. The van der Waals surface area contributed by atoms with Gasteiger partial charge in [-0.05, 0) is 45.7 Å². The molecule has 1 saturated carbocycles. The van der Waals surface area contributed by atoms with Crippen molar-refractivity contribution in [2.45, 2.75) is 57.0 Å². The van der Waals surface area contributed by atoms with Crippen LogP contribution in [0, 0.1) is 5.92 Å². The molecular weight excluding hydrogens is 272 g/mol. The second-order valence-electron chi connectivity index (χ2n) is 7.15. The van der Waals surface area contributed by atoms with Gasteiger partial charge in [0, 0.05) is 18.1 Å². The van der Waals surface area contributed by atoms with Crippen molar-refractivity contribution in [2.24, 2.45) is 5.92 Å². The second-order valence-corrected chi connectivity index (χ2v) is 9.38. The summed E-state index contributed by atoms with van der Waals surface area (Å²) in [6.45, 7) is 3.26. The summed E-state index contributed by atoms with van der Waals surface area (Å²) >= 11 is 0. The number of rotatable bonds is 4. The molecule has 2 fully saturated rings. The van der Waals surface area contributed by atoms with Crippen molar-refractivity contribution in [2.75, 3.05) is 32.1 Å². The van der Waals surface area contributed by atoms with Gasteiger partial charge in [-0.15, -0.1) is 0 Å². The maximum atomic E-state index is 11.7. The standard InChI is InChI=1S/C15H30N2O2S/c1-13-6-4-8-15(10-13,17(2)3)12-16-14-7-5-9-20(18,19)11-14/h13-14,16H,4-12H2,1-3H3. The van der Waals surface area contributed by atoms with E-state index in [0.29, 0.717) is 11.5 Å². The first kappa shape index (κ1) is 16.2. The van der Waals surface area contributed by atoms with Crippen LogP contribution in [0.1, 0.15) is 45.4 Å². The lowest BCUT2D eigenvalue weighted by Crippen LogP contribution is -2.56. The molecule has 1 heterocycles. The molecule has 4 nitrogen and oxygen atoms in total. The molecule has 0 radical (unpaired) electrons. The van der Waals surface area contributed by atoms with E-state index in [1.54, 1.807) is 0 Å². The number of hydrogen-bond acceptors (Lipinski definition) is 4. The monoisotopic (exact) mass is 302 g/mol. The Morgan fingerprint density at radius 2 is 2.00 bits per heavy atom. The fraction of sp³-hybridized carbons (Fsp3) is 1.00. The first-order valence-electron chi connectivity index (χ1n) is 7.94. The zero-order valence-electron chi connectivity index (χ0n) is 13.2. The fourth-order valence-electron chi connectivity index (χ4n) is 3.88. The molecule has 0 amide bonds. The van der Waals surface area contributed by atoms with E-state index in [9.17, 15) is 8.42 Å². The summed E-state index contributed by atoms with van der Waals surface area (Å²) in [6, 6.07) is 0.155. The van der Waals surface area contributed by atoms with Crippen LogP contribution in [0.3, 0.4) is 0 Å². The first-order valence-corrected chi connectivity index (χ1v) is 9.76. The van der Waals surface area contributed by atoms with Crippen molar-refractivity contribution in [3.63, 3.8) is 0 Å². The van der Waals surface area contributed by atoms with Crippen LogP contribution in [0.25, 0.3) is 0 Å². The maximum Gasteiger partial charge on any atom is 0.151 e. The molecular formula is C15H30N2O2S. The van der Waals surface area contributed by atoms with Gasteiger partial charge < -0.3 is 10.2 Å². The molecule has 0 aromatic heterocycles. The minimum atomic E-state index is -2.81. The van der Waals surface area contributed by atoms with Gasteiger partial charge in [0.05, 0.1) is 11.5 Å². The molecule has 3 atom stereocenters. The summed E-state index contributed by atoms with van der Waals surface area (Å²) in [7, 11) is 1.52. The molecule has 1 saturated heterocycles. The van der Waals surface area contributed by atoms with Crippen molar-refractivity contribution in [3.8, 4) is 0 Å². The Kier molecular flexibility index (Phi) is 5.14. The first-order chi connectivity index (χ1) is 9.33. The van der Waals surface area contributed by atoms with Gasteiger partial charge in [0.25, 0.3) is 0 Å². The molecule has 0 aromatic carbocycles. The van der Waals surface area contributed by atoms with Crippen LogP contribution in [-0.4, -0.2) is 57.0 Å². The zero-order chi connectivity index (χ0) is 14.8. The lowest BCUT2D eigenvalue weighted by Gasteiger charge is -2.46. The summed E-state index contributed by atoms with van der Waals surface area (Å²) in [5.41, 5.74) is 0.207. The zero-order valence-corrected chi connectivity index (χ0v) is 14.0. The SMILES string of the molecule is CC1CCCC(CNC2CCCS(=O)(=O)C2)(N(C)C)C1. The van der Waals surface area contributed by atoms with Gasteiger partial charge in [-0.1, -0.05) is 19.8 Å². The largest absolute Gasteiger partial charge is 0.311 e. The molecule has 5 heteroatoms. The number of nitrogens with zero attached hydrogens (tertiary/aromatic N) is 1. The Balaban J connectivity index is 1.95. The Bertz CT molecular complexity index is 422. The highest BCUT2D eigenvalue weighted by molar-refractivity contribution is 7.91. The van der Waals surface area contributed by atoms with Crippen LogP contribution >= 0.6 is 0 Å². The van der Waals surface area contributed by atoms with E-state index in [4.69, 9.17) is 0 Å². The Morgan fingerprint density at radius 3 is 2.60 bits per heavy atom. The highest BCUT2D eigenvalue weighted by Gasteiger charge is 2.37. The molecule has 118 valence electrons. The molecule has 1 aliphatic heterocycles. The van der Waals surface area contributed by atoms with Crippen molar-refractivity contribution < 1.29 is 8.42 Å². The van der Waals surface area contributed by atoms with Gasteiger partial charge >= 0.3 is 0 Å². The molecule has 3 unspecified atom stereocenters. The topological polar surface area (TPSA) is 49.4 Å². The van der Waals surface area contributed by atoms with Gasteiger partial charge in [0.15, 0.2) is 9.84 Å². The third-order valence-corrected chi connectivity index (χ3v) is 7.02. The highest BCUT2D eigenvalue weighted by Crippen LogP contribution is 2.35. The summed E-state index contributed by atoms with van der Waals surface area (Å²) < 4.78 is 23.5. The average molecular weight is 302 g/mol. The highest BCUT2D eigenvalue weighted by atomic mass is 32.2. The predicted molar refractivity (Wildman–Crippen MR) is 83.7 cm³/mol. The summed E-state index contributed by atoms with van der Waals surface area (Å²) in [4.78, 5) is 2.35. The van der Waals surface area contributed by atoms with Crippen LogP contribution in [0.4, 0.5) is 0 Å². The molecule has 1 N–H and O–H groups in total. The van der Waals surface area contributed by atoms with Crippen molar-refractivity contribution in [3.05, 3.63) is 0 Å². The summed E-state index contributed by atoms with van der Waals surface area (Å²) in [5.74, 6) is 1.47. The number of nitrogens with one attached hydrogen (secondary N) is 1. The van der Waals surface area contributed by atoms with Gasteiger partial charge in [0.2, 0.25) is 0 Å². The molecule has 0 spiro atoms. The lowest BCUT2D eigenvalue weighted by atomic mass is 9.75. The van der Waals surface area contributed by atoms with Crippen molar-refractivity contribution >= 4 is 9.84 Å². The van der Waals surface area contributed by atoms with Crippen LogP contribution in [0.15, 0.2) is 0 Å². The van der Waals surface area contributed by atoms with Gasteiger partial charge in [-0.3, -0.25) is 0 Å². The van der Waals surface area contributed by atoms with E-state index in [2.05, 4.69) is 31.2 Å². The van der Waals surface area contributed by atoms with Gasteiger partial charge in [-0.25, -0.2) is 8.42 Å². The third kappa shape index (κ3) is 3.95.